The maximum absolute atomic E-state index is 13.8. The first-order chi connectivity index (χ1) is 9.56. The minimum absolute atomic E-state index is 0.0929. The summed E-state index contributed by atoms with van der Waals surface area (Å²) in [7, 11) is 0. The topological polar surface area (TPSA) is 35.2 Å². The number of hydrogen-bond acceptors (Lipinski definition) is 2. The van der Waals surface area contributed by atoms with Crippen LogP contribution in [0.3, 0.4) is 0 Å². The number of benzene rings is 2. The van der Waals surface area contributed by atoms with E-state index in [0.717, 1.165) is 6.07 Å². The van der Waals surface area contributed by atoms with Crippen LogP contribution in [0.2, 0.25) is 0 Å². The summed E-state index contributed by atoms with van der Waals surface area (Å²) in [5, 5.41) is 0. The molecule has 0 saturated carbocycles. The largest absolute Gasteiger partial charge is 0.485 e. The Hall–Kier alpha value is -2.01. The molecule has 0 aliphatic carbocycles. The molecule has 0 amide bonds. The van der Waals surface area contributed by atoms with Crippen LogP contribution in [-0.2, 0) is 0 Å². The molecule has 5 heteroatoms. The Labute approximate surface area is 114 Å². The highest BCUT2D eigenvalue weighted by molar-refractivity contribution is 5.39. The fourth-order valence-electron chi connectivity index (χ4n) is 2.44. The van der Waals surface area contributed by atoms with Crippen molar-refractivity contribution in [2.45, 2.75) is 18.6 Å². The van der Waals surface area contributed by atoms with Crippen LogP contribution in [0.4, 0.5) is 13.2 Å². The number of halogens is 3. The van der Waals surface area contributed by atoms with Crippen LogP contribution in [0.1, 0.15) is 29.7 Å². The van der Waals surface area contributed by atoms with Crippen molar-refractivity contribution in [3.8, 4) is 5.75 Å². The molecule has 104 valence electrons. The van der Waals surface area contributed by atoms with Crippen LogP contribution in [0.5, 0.6) is 5.75 Å². The fourth-order valence-corrected chi connectivity index (χ4v) is 2.44. The van der Waals surface area contributed by atoms with Crippen molar-refractivity contribution in [1.29, 1.82) is 0 Å². The van der Waals surface area contributed by atoms with Crippen molar-refractivity contribution in [1.82, 2.24) is 0 Å². The van der Waals surface area contributed by atoms with E-state index in [2.05, 4.69) is 0 Å². The third-order valence-electron chi connectivity index (χ3n) is 3.44. The van der Waals surface area contributed by atoms with E-state index in [1.165, 1.54) is 24.3 Å². The van der Waals surface area contributed by atoms with E-state index in [9.17, 15) is 13.2 Å². The number of fused-ring (bicyclic) bond motifs is 1. The Kier molecular flexibility index (Phi) is 3.14. The number of rotatable bonds is 1. The molecule has 0 saturated heterocycles. The first-order valence-electron chi connectivity index (χ1n) is 6.22. The van der Waals surface area contributed by atoms with Gasteiger partial charge in [0.15, 0.2) is 11.6 Å². The maximum atomic E-state index is 13.8. The van der Waals surface area contributed by atoms with Gasteiger partial charge in [0.1, 0.15) is 17.7 Å². The highest BCUT2D eigenvalue weighted by atomic mass is 19.2. The molecule has 20 heavy (non-hydrogen) atoms. The second-order valence-electron chi connectivity index (χ2n) is 4.77. The van der Waals surface area contributed by atoms with Crippen molar-refractivity contribution in [2.24, 2.45) is 5.73 Å². The molecule has 1 aliphatic rings. The maximum Gasteiger partial charge on any atom is 0.165 e. The highest BCUT2D eigenvalue weighted by Gasteiger charge is 2.29. The van der Waals surface area contributed by atoms with Crippen molar-refractivity contribution in [3.63, 3.8) is 0 Å². The third-order valence-corrected chi connectivity index (χ3v) is 3.44. The van der Waals surface area contributed by atoms with Gasteiger partial charge in [-0.2, -0.15) is 0 Å². The van der Waals surface area contributed by atoms with Gasteiger partial charge in [-0.25, -0.2) is 13.2 Å². The van der Waals surface area contributed by atoms with E-state index in [4.69, 9.17) is 10.5 Å². The van der Waals surface area contributed by atoms with Gasteiger partial charge in [-0.05, 0) is 12.1 Å². The molecule has 2 unspecified atom stereocenters. The van der Waals surface area contributed by atoms with E-state index in [-0.39, 0.29) is 11.3 Å². The molecule has 0 bridgehead atoms. The van der Waals surface area contributed by atoms with Crippen molar-refractivity contribution >= 4 is 0 Å². The van der Waals surface area contributed by atoms with Crippen LogP contribution in [0, 0.1) is 17.5 Å². The normalized spacial score (nSPS) is 21.2. The Balaban J connectivity index is 2.00. The lowest BCUT2D eigenvalue weighted by molar-refractivity contribution is 0.155. The van der Waals surface area contributed by atoms with Gasteiger partial charge in [-0.3, -0.25) is 0 Å². The first kappa shape index (κ1) is 13.0. The predicted molar refractivity (Wildman–Crippen MR) is 67.7 cm³/mol. The second kappa shape index (κ2) is 4.83. The molecule has 2 atom stereocenters. The van der Waals surface area contributed by atoms with E-state index >= 15 is 0 Å². The standard InChI is InChI=1S/C15H12F3NO/c16-8-4-5-9-12(19)7-14(20-13(9)6-8)10-2-1-3-11(17)15(10)18/h1-6,12,14H,7,19H2. The minimum atomic E-state index is -0.954. The number of nitrogens with two attached hydrogens (primary N) is 1. The molecule has 1 aliphatic heterocycles. The number of hydrogen-bond donors (Lipinski definition) is 1. The van der Waals surface area contributed by atoms with Gasteiger partial charge in [-0.15, -0.1) is 0 Å². The van der Waals surface area contributed by atoms with Gasteiger partial charge in [0.25, 0.3) is 0 Å². The zero-order valence-electron chi connectivity index (χ0n) is 10.4. The molecular weight excluding hydrogens is 267 g/mol. The van der Waals surface area contributed by atoms with Gasteiger partial charge < -0.3 is 10.5 Å². The van der Waals surface area contributed by atoms with Gasteiger partial charge in [0.2, 0.25) is 0 Å². The summed E-state index contributed by atoms with van der Waals surface area (Å²) in [6, 6.07) is 7.53. The second-order valence-corrected chi connectivity index (χ2v) is 4.77. The van der Waals surface area contributed by atoms with Gasteiger partial charge in [0, 0.05) is 29.7 Å². The smallest absolute Gasteiger partial charge is 0.165 e. The summed E-state index contributed by atoms with van der Waals surface area (Å²) in [4.78, 5) is 0. The number of ether oxygens (including phenoxy) is 1. The molecule has 0 spiro atoms. The van der Waals surface area contributed by atoms with Crippen molar-refractivity contribution in [3.05, 3.63) is 65.0 Å². The third kappa shape index (κ3) is 2.14. The lowest BCUT2D eigenvalue weighted by atomic mass is 9.93. The summed E-state index contributed by atoms with van der Waals surface area (Å²) in [5.74, 6) is -2.08. The lowest BCUT2D eigenvalue weighted by Crippen LogP contribution is -2.25. The summed E-state index contributed by atoms with van der Waals surface area (Å²) >= 11 is 0. The van der Waals surface area contributed by atoms with Crippen molar-refractivity contribution < 1.29 is 17.9 Å². The molecule has 2 N–H and O–H groups in total. The molecule has 0 aromatic heterocycles. The van der Waals surface area contributed by atoms with Crippen LogP contribution < -0.4 is 10.5 Å². The highest BCUT2D eigenvalue weighted by Crippen LogP contribution is 2.40. The lowest BCUT2D eigenvalue weighted by Gasteiger charge is -2.30. The van der Waals surface area contributed by atoms with Crippen LogP contribution in [0.15, 0.2) is 36.4 Å². The van der Waals surface area contributed by atoms with Gasteiger partial charge in [-0.1, -0.05) is 18.2 Å². The minimum Gasteiger partial charge on any atom is -0.485 e. The first-order valence-corrected chi connectivity index (χ1v) is 6.22. The zero-order chi connectivity index (χ0) is 14.3. The van der Waals surface area contributed by atoms with E-state index < -0.39 is 29.6 Å². The summed E-state index contributed by atoms with van der Waals surface area (Å²) in [6.45, 7) is 0. The summed E-state index contributed by atoms with van der Waals surface area (Å²) in [5.41, 5.74) is 6.75. The zero-order valence-corrected chi connectivity index (χ0v) is 10.4. The Morgan fingerprint density at radius 2 is 1.85 bits per heavy atom. The summed E-state index contributed by atoms with van der Waals surface area (Å²) < 4.78 is 45.9. The monoisotopic (exact) mass is 279 g/mol. The van der Waals surface area contributed by atoms with Crippen LogP contribution >= 0.6 is 0 Å². The molecule has 2 aromatic rings. The Morgan fingerprint density at radius 3 is 2.65 bits per heavy atom. The van der Waals surface area contributed by atoms with Gasteiger partial charge in [0.05, 0.1) is 0 Å². The van der Waals surface area contributed by atoms with Crippen LogP contribution in [0.25, 0.3) is 0 Å². The molecular formula is C15H12F3NO. The van der Waals surface area contributed by atoms with E-state index in [0.29, 0.717) is 12.0 Å². The average molecular weight is 279 g/mol. The quantitative estimate of drug-likeness (QED) is 0.865. The Bertz CT molecular complexity index is 660. The van der Waals surface area contributed by atoms with E-state index in [1.807, 2.05) is 0 Å². The molecule has 3 rings (SSSR count). The fraction of sp³-hybridized carbons (Fsp3) is 0.200. The van der Waals surface area contributed by atoms with E-state index in [1.54, 1.807) is 6.07 Å². The summed E-state index contributed by atoms with van der Waals surface area (Å²) in [6.07, 6.45) is -0.422. The average Bonchev–Trinajstić information content (AvgIpc) is 2.41. The molecule has 0 radical (unpaired) electrons. The van der Waals surface area contributed by atoms with Crippen molar-refractivity contribution in [2.75, 3.05) is 0 Å². The SMILES string of the molecule is NC1CC(c2cccc(F)c2F)Oc2cc(F)ccc21. The molecule has 0 fully saturated rings. The van der Waals surface area contributed by atoms with Gasteiger partial charge >= 0.3 is 0 Å². The molecule has 2 nitrogen and oxygen atoms in total. The van der Waals surface area contributed by atoms with Crippen LogP contribution in [-0.4, -0.2) is 0 Å². The predicted octanol–water partition coefficient (Wildman–Crippen LogP) is 3.63. The molecule has 2 aromatic carbocycles. The molecule has 1 heterocycles. The Morgan fingerprint density at radius 1 is 1.05 bits per heavy atom.